The molecule has 0 bridgehead atoms. The van der Waals surface area contributed by atoms with E-state index in [9.17, 15) is 8.42 Å². The Kier molecular flexibility index (Phi) is 2.55. The number of aryl methyl sites for hydroxylation is 2. The van der Waals surface area contributed by atoms with Crippen molar-refractivity contribution in [1.82, 2.24) is 9.97 Å². The first-order valence-corrected chi connectivity index (χ1v) is 6.92. The van der Waals surface area contributed by atoms with Gasteiger partial charge in [-0.3, -0.25) is 0 Å². The van der Waals surface area contributed by atoms with Gasteiger partial charge in [-0.25, -0.2) is 18.4 Å². The van der Waals surface area contributed by atoms with E-state index >= 15 is 0 Å². The number of nitrogens with zero attached hydrogens (tertiary/aromatic N) is 2. The predicted octanol–water partition coefficient (Wildman–Crippen LogP) is 2.23. The minimum atomic E-state index is -3.51. The van der Waals surface area contributed by atoms with Gasteiger partial charge in [0.2, 0.25) is 9.84 Å². The van der Waals surface area contributed by atoms with Crippen LogP contribution in [0, 0.1) is 13.8 Å². The molecule has 2 heterocycles. The van der Waals surface area contributed by atoms with E-state index < -0.39 is 9.84 Å². The second-order valence-electron chi connectivity index (χ2n) is 3.35. The smallest absolute Gasteiger partial charge is 0.217 e. The van der Waals surface area contributed by atoms with Crippen molar-refractivity contribution in [3.63, 3.8) is 0 Å². The van der Waals surface area contributed by atoms with E-state index in [0.29, 0.717) is 10.2 Å². The summed E-state index contributed by atoms with van der Waals surface area (Å²) in [6.45, 7) is 7.12. The molecule has 0 unspecified atom stereocenters. The highest BCUT2D eigenvalue weighted by molar-refractivity contribution is 7.94. The van der Waals surface area contributed by atoms with E-state index in [1.165, 1.54) is 17.7 Å². The summed E-state index contributed by atoms with van der Waals surface area (Å²) in [5.41, 5.74) is 0.918. The lowest BCUT2D eigenvalue weighted by atomic mass is 10.2. The molecule has 16 heavy (non-hydrogen) atoms. The Morgan fingerprint density at radius 3 is 2.69 bits per heavy atom. The summed E-state index contributed by atoms with van der Waals surface area (Å²) in [4.78, 5) is 9.69. The van der Waals surface area contributed by atoms with Crippen LogP contribution in [0.3, 0.4) is 0 Å². The monoisotopic (exact) mass is 254 g/mol. The standard InChI is InChI=1S/C10H10N2O2S2/c1-4-16(13,14)10-8-6(2)7(3)15-9(8)11-5-12-10/h4-5H,1H2,2-3H3. The van der Waals surface area contributed by atoms with Crippen molar-refractivity contribution in [1.29, 1.82) is 0 Å². The number of fused-ring (bicyclic) bond motifs is 1. The summed E-state index contributed by atoms with van der Waals surface area (Å²) in [6, 6.07) is 0. The van der Waals surface area contributed by atoms with Gasteiger partial charge in [-0.2, -0.15) is 0 Å². The molecule has 0 amide bonds. The molecule has 0 N–H and O–H groups in total. The first kappa shape index (κ1) is 11.2. The van der Waals surface area contributed by atoms with Crippen LogP contribution in [-0.4, -0.2) is 18.4 Å². The van der Waals surface area contributed by atoms with Crippen molar-refractivity contribution in [2.24, 2.45) is 0 Å². The van der Waals surface area contributed by atoms with Crippen molar-refractivity contribution >= 4 is 31.4 Å². The highest BCUT2D eigenvalue weighted by Crippen LogP contribution is 2.32. The molecular formula is C10H10N2O2S2. The van der Waals surface area contributed by atoms with Gasteiger partial charge in [-0.1, -0.05) is 6.58 Å². The number of sulfone groups is 1. The fraction of sp³-hybridized carbons (Fsp3) is 0.200. The van der Waals surface area contributed by atoms with Crippen LogP contribution in [0.25, 0.3) is 10.2 Å². The van der Waals surface area contributed by atoms with Crippen LogP contribution in [0.4, 0.5) is 0 Å². The minimum absolute atomic E-state index is 0.0503. The predicted molar refractivity (Wildman–Crippen MR) is 64.3 cm³/mol. The zero-order chi connectivity index (χ0) is 11.9. The Morgan fingerprint density at radius 2 is 2.06 bits per heavy atom. The first-order chi connectivity index (χ1) is 7.47. The van der Waals surface area contributed by atoms with Crippen LogP contribution in [0.2, 0.25) is 0 Å². The van der Waals surface area contributed by atoms with Crippen LogP contribution in [-0.2, 0) is 9.84 Å². The van der Waals surface area contributed by atoms with E-state index in [1.807, 2.05) is 13.8 Å². The second kappa shape index (κ2) is 3.64. The topological polar surface area (TPSA) is 59.9 Å². The van der Waals surface area contributed by atoms with Gasteiger partial charge >= 0.3 is 0 Å². The van der Waals surface area contributed by atoms with Gasteiger partial charge in [0.25, 0.3) is 0 Å². The van der Waals surface area contributed by atoms with Gasteiger partial charge in [0, 0.05) is 10.3 Å². The van der Waals surface area contributed by atoms with E-state index in [4.69, 9.17) is 0 Å². The molecule has 0 aliphatic carbocycles. The van der Waals surface area contributed by atoms with Crippen molar-refractivity contribution in [3.05, 3.63) is 28.8 Å². The zero-order valence-electron chi connectivity index (χ0n) is 8.89. The lowest BCUT2D eigenvalue weighted by Crippen LogP contribution is -2.00. The summed E-state index contributed by atoms with van der Waals surface area (Å²) < 4.78 is 23.5. The number of hydrogen-bond donors (Lipinski definition) is 0. The Balaban J connectivity index is 2.96. The third-order valence-electron chi connectivity index (χ3n) is 2.42. The van der Waals surface area contributed by atoms with Gasteiger partial charge in [-0.05, 0) is 19.4 Å². The van der Waals surface area contributed by atoms with Crippen molar-refractivity contribution in [2.75, 3.05) is 0 Å². The SMILES string of the molecule is C=CS(=O)(=O)c1ncnc2sc(C)c(C)c12. The Hall–Kier alpha value is -1.27. The van der Waals surface area contributed by atoms with Crippen molar-refractivity contribution in [2.45, 2.75) is 18.9 Å². The third kappa shape index (κ3) is 1.54. The van der Waals surface area contributed by atoms with Gasteiger partial charge in [-0.15, -0.1) is 11.3 Å². The van der Waals surface area contributed by atoms with Gasteiger partial charge in [0.1, 0.15) is 11.2 Å². The number of thiophene rings is 1. The molecule has 2 rings (SSSR count). The summed E-state index contributed by atoms with van der Waals surface area (Å²) in [6.07, 6.45) is 1.27. The van der Waals surface area contributed by atoms with Crippen LogP contribution >= 0.6 is 11.3 Å². The Labute approximate surface area is 97.6 Å². The molecule has 0 aliphatic heterocycles. The normalized spacial score (nSPS) is 11.9. The van der Waals surface area contributed by atoms with Crippen molar-refractivity contribution in [3.8, 4) is 0 Å². The highest BCUT2D eigenvalue weighted by Gasteiger charge is 2.20. The van der Waals surface area contributed by atoms with Gasteiger partial charge < -0.3 is 0 Å². The second-order valence-corrected chi connectivity index (χ2v) is 6.37. The van der Waals surface area contributed by atoms with Gasteiger partial charge in [0.15, 0.2) is 5.03 Å². The molecule has 84 valence electrons. The Bertz CT molecular complexity index is 671. The molecule has 0 saturated carbocycles. The van der Waals surface area contributed by atoms with Crippen LogP contribution in [0.1, 0.15) is 10.4 Å². The average Bonchev–Trinajstić information content (AvgIpc) is 2.55. The number of aromatic nitrogens is 2. The molecule has 0 saturated heterocycles. The summed E-state index contributed by atoms with van der Waals surface area (Å²) >= 11 is 1.47. The summed E-state index contributed by atoms with van der Waals surface area (Å²) in [5, 5.41) is 1.58. The summed E-state index contributed by atoms with van der Waals surface area (Å²) in [5.74, 6) is 0. The van der Waals surface area contributed by atoms with E-state index in [-0.39, 0.29) is 5.03 Å². The molecule has 2 aromatic rings. The molecular weight excluding hydrogens is 244 g/mol. The molecule has 6 heteroatoms. The third-order valence-corrected chi connectivity index (χ3v) is 4.82. The van der Waals surface area contributed by atoms with Gasteiger partial charge in [0.05, 0.1) is 5.39 Å². The maximum atomic E-state index is 11.8. The number of rotatable bonds is 2. The zero-order valence-corrected chi connectivity index (χ0v) is 10.5. The van der Waals surface area contributed by atoms with Crippen LogP contribution in [0.5, 0.6) is 0 Å². The maximum Gasteiger partial charge on any atom is 0.217 e. The molecule has 0 radical (unpaired) electrons. The van der Waals surface area contributed by atoms with E-state index in [2.05, 4.69) is 16.5 Å². The Morgan fingerprint density at radius 1 is 1.38 bits per heavy atom. The summed E-state index contributed by atoms with van der Waals surface area (Å²) in [7, 11) is -3.51. The molecule has 0 aliphatic rings. The van der Waals surface area contributed by atoms with Crippen molar-refractivity contribution < 1.29 is 8.42 Å². The molecule has 0 fully saturated rings. The maximum absolute atomic E-state index is 11.8. The molecule has 0 aromatic carbocycles. The molecule has 2 aromatic heterocycles. The molecule has 0 atom stereocenters. The number of hydrogen-bond acceptors (Lipinski definition) is 5. The van der Waals surface area contributed by atoms with Crippen LogP contribution in [0.15, 0.2) is 23.3 Å². The lowest BCUT2D eigenvalue weighted by Gasteiger charge is -2.00. The minimum Gasteiger partial charge on any atom is -0.225 e. The average molecular weight is 254 g/mol. The fourth-order valence-electron chi connectivity index (χ4n) is 1.44. The highest BCUT2D eigenvalue weighted by atomic mass is 32.2. The fourth-order valence-corrected chi connectivity index (χ4v) is 3.39. The first-order valence-electron chi connectivity index (χ1n) is 4.55. The lowest BCUT2D eigenvalue weighted by molar-refractivity contribution is 0.602. The molecule has 4 nitrogen and oxygen atoms in total. The van der Waals surface area contributed by atoms with Crippen LogP contribution < -0.4 is 0 Å². The quantitative estimate of drug-likeness (QED) is 0.771. The molecule has 0 spiro atoms. The largest absolute Gasteiger partial charge is 0.225 e. The van der Waals surface area contributed by atoms with E-state index in [1.54, 1.807) is 0 Å². The van der Waals surface area contributed by atoms with E-state index in [0.717, 1.165) is 15.8 Å².